The quantitative estimate of drug-likeness (QED) is 0.894. The molecule has 2 unspecified atom stereocenters. The lowest BCUT2D eigenvalue weighted by molar-refractivity contribution is -0.139. The van der Waals surface area contributed by atoms with Gasteiger partial charge < -0.3 is 20.3 Å². The molecule has 136 valence electrons. The number of benzene rings is 1. The lowest BCUT2D eigenvalue weighted by Gasteiger charge is -2.24. The summed E-state index contributed by atoms with van der Waals surface area (Å²) in [5.74, 6) is 1.03. The molecule has 2 amide bonds. The van der Waals surface area contributed by atoms with Crippen molar-refractivity contribution in [1.29, 1.82) is 0 Å². The molecule has 2 N–H and O–H groups in total. The summed E-state index contributed by atoms with van der Waals surface area (Å²) < 4.78 is 5.19. The first-order chi connectivity index (χ1) is 12.1. The number of ether oxygens (including phenoxy) is 1. The normalized spacial score (nSPS) is 24.3. The number of carbonyl (C=O) groups is 2. The Bertz CT molecular complexity index is 617. The van der Waals surface area contributed by atoms with Gasteiger partial charge in [-0.1, -0.05) is 18.6 Å². The minimum Gasteiger partial charge on any atom is -0.497 e. The molecule has 3 rings (SSSR count). The molecule has 6 heteroatoms. The molecule has 1 aromatic rings. The highest BCUT2D eigenvalue weighted by atomic mass is 16.5. The fourth-order valence-corrected chi connectivity index (χ4v) is 3.71. The molecular weight excluding hydrogens is 318 g/mol. The molecule has 2 aliphatic heterocycles. The van der Waals surface area contributed by atoms with Gasteiger partial charge in [0.15, 0.2) is 0 Å². The summed E-state index contributed by atoms with van der Waals surface area (Å²) >= 11 is 0. The van der Waals surface area contributed by atoms with Crippen molar-refractivity contribution in [3.63, 3.8) is 0 Å². The molecule has 0 bridgehead atoms. The van der Waals surface area contributed by atoms with E-state index in [9.17, 15) is 9.59 Å². The van der Waals surface area contributed by atoms with E-state index in [-0.39, 0.29) is 30.3 Å². The standard InChI is InChI=1S/C19H27N3O3/c1-25-15-8-6-14(7-9-15)16-11-22(12-17(16)20)19(24)13-21-10-4-2-3-5-18(21)23/h6-9,16-17H,2-5,10-13,20H2,1H3. The Labute approximate surface area is 148 Å². The first-order valence-electron chi connectivity index (χ1n) is 9.03. The van der Waals surface area contributed by atoms with E-state index in [0.29, 0.717) is 26.1 Å². The Kier molecular flexibility index (Phi) is 5.58. The topological polar surface area (TPSA) is 75.9 Å². The third-order valence-electron chi connectivity index (χ3n) is 5.26. The first-order valence-corrected chi connectivity index (χ1v) is 9.03. The average Bonchev–Trinajstić information content (AvgIpc) is 2.90. The summed E-state index contributed by atoms with van der Waals surface area (Å²) in [6.45, 7) is 2.01. The van der Waals surface area contributed by atoms with Crippen LogP contribution in [-0.4, -0.2) is 60.9 Å². The monoisotopic (exact) mass is 345 g/mol. The van der Waals surface area contributed by atoms with Crippen LogP contribution in [0.5, 0.6) is 5.75 Å². The molecule has 2 fully saturated rings. The summed E-state index contributed by atoms with van der Waals surface area (Å²) in [5.41, 5.74) is 7.41. The number of nitrogens with zero attached hydrogens (tertiary/aromatic N) is 2. The lowest BCUT2D eigenvalue weighted by atomic mass is 9.95. The van der Waals surface area contributed by atoms with Gasteiger partial charge in [0.1, 0.15) is 5.75 Å². The Morgan fingerprint density at radius 3 is 2.68 bits per heavy atom. The van der Waals surface area contributed by atoms with Crippen molar-refractivity contribution in [1.82, 2.24) is 9.80 Å². The van der Waals surface area contributed by atoms with Gasteiger partial charge in [-0.25, -0.2) is 0 Å². The molecule has 0 aliphatic carbocycles. The number of rotatable bonds is 4. The molecule has 2 heterocycles. The van der Waals surface area contributed by atoms with E-state index in [1.54, 1.807) is 16.9 Å². The van der Waals surface area contributed by atoms with Crippen LogP contribution in [0.3, 0.4) is 0 Å². The van der Waals surface area contributed by atoms with Crippen LogP contribution in [0.2, 0.25) is 0 Å². The van der Waals surface area contributed by atoms with Crippen LogP contribution in [0.1, 0.15) is 37.2 Å². The Balaban J connectivity index is 1.61. The van der Waals surface area contributed by atoms with E-state index in [2.05, 4.69) is 0 Å². The van der Waals surface area contributed by atoms with E-state index in [4.69, 9.17) is 10.5 Å². The number of methoxy groups -OCH3 is 1. The third-order valence-corrected chi connectivity index (χ3v) is 5.26. The highest BCUT2D eigenvalue weighted by molar-refractivity contribution is 5.85. The minimum absolute atomic E-state index is 0.00158. The third kappa shape index (κ3) is 4.12. The molecule has 6 nitrogen and oxygen atoms in total. The van der Waals surface area contributed by atoms with E-state index >= 15 is 0 Å². The zero-order chi connectivity index (χ0) is 17.8. The molecule has 2 saturated heterocycles. The SMILES string of the molecule is COc1ccc(C2CN(C(=O)CN3CCCCCC3=O)CC2N)cc1. The maximum atomic E-state index is 12.7. The molecule has 0 saturated carbocycles. The fraction of sp³-hybridized carbons (Fsp3) is 0.579. The van der Waals surface area contributed by atoms with E-state index in [1.165, 1.54) is 0 Å². The van der Waals surface area contributed by atoms with Crippen LogP contribution in [0, 0.1) is 0 Å². The van der Waals surface area contributed by atoms with Crippen LogP contribution in [0.4, 0.5) is 0 Å². The summed E-state index contributed by atoms with van der Waals surface area (Å²) in [6.07, 6.45) is 3.52. The maximum Gasteiger partial charge on any atom is 0.242 e. The smallest absolute Gasteiger partial charge is 0.242 e. The van der Waals surface area contributed by atoms with Crippen molar-refractivity contribution in [2.45, 2.75) is 37.6 Å². The van der Waals surface area contributed by atoms with Crippen LogP contribution in [-0.2, 0) is 9.59 Å². The predicted molar refractivity (Wildman–Crippen MR) is 95.3 cm³/mol. The molecule has 0 aromatic heterocycles. The van der Waals surface area contributed by atoms with Crippen molar-refractivity contribution >= 4 is 11.8 Å². The van der Waals surface area contributed by atoms with E-state index in [1.807, 2.05) is 24.3 Å². The average molecular weight is 345 g/mol. The Hall–Kier alpha value is -2.08. The molecule has 0 radical (unpaired) electrons. The Morgan fingerprint density at radius 1 is 1.20 bits per heavy atom. The highest BCUT2D eigenvalue weighted by Crippen LogP contribution is 2.28. The van der Waals surface area contributed by atoms with E-state index in [0.717, 1.165) is 30.6 Å². The van der Waals surface area contributed by atoms with Crippen LogP contribution in [0.15, 0.2) is 24.3 Å². The van der Waals surface area contributed by atoms with Gasteiger partial charge in [0, 0.05) is 38.0 Å². The minimum atomic E-state index is -0.0859. The van der Waals surface area contributed by atoms with E-state index < -0.39 is 0 Å². The van der Waals surface area contributed by atoms with Gasteiger partial charge in [-0.3, -0.25) is 9.59 Å². The summed E-state index contributed by atoms with van der Waals surface area (Å²) in [4.78, 5) is 28.3. The van der Waals surface area contributed by atoms with Crippen LogP contribution in [0.25, 0.3) is 0 Å². The number of nitrogens with two attached hydrogens (primary N) is 1. The van der Waals surface area contributed by atoms with Gasteiger partial charge in [0.25, 0.3) is 0 Å². The molecule has 2 atom stereocenters. The second-order valence-electron chi connectivity index (χ2n) is 6.97. The van der Waals surface area contributed by atoms with Gasteiger partial charge in [-0.2, -0.15) is 0 Å². The summed E-state index contributed by atoms with van der Waals surface area (Å²) in [6, 6.07) is 7.77. The number of hydrogen-bond acceptors (Lipinski definition) is 4. The van der Waals surface area contributed by atoms with Gasteiger partial charge in [-0.05, 0) is 30.5 Å². The van der Waals surface area contributed by atoms with Gasteiger partial charge in [0.2, 0.25) is 11.8 Å². The zero-order valence-corrected chi connectivity index (χ0v) is 14.8. The second-order valence-corrected chi connectivity index (χ2v) is 6.97. The molecule has 0 spiro atoms. The van der Waals surface area contributed by atoms with Gasteiger partial charge >= 0.3 is 0 Å². The molecule has 2 aliphatic rings. The number of likely N-dealkylation sites (tertiary alicyclic amines) is 2. The lowest BCUT2D eigenvalue weighted by Crippen LogP contribution is -2.42. The van der Waals surface area contributed by atoms with Crippen molar-refractivity contribution in [3.8, 4) is 5.75 Å². The second kappa shape index (κ2) is 7.87. The van der Waals surface area contributed by atoms with Crippen molar-refractivity contribution in [3.05, 3.63) is 29.8 Å². The zero-order valence-electron chi connectivity index (χ0n) is 14.8. The molecular formula is C19H27N3O3. The highest BCUT2D eigenvalue weighted by Gasteiger charge is 2.34. The summed E-state index contributed by atoms with van der Waals surface area (Å²) in [7, 11) is 1.64. The Morgan fingerprint density at radius 2 is 1.96 bits per heavy atom. The fourth-order valence-electron chi connectivity index (χ4n) is 3.71. The summed E-state index contributed by atoms with van der Waals surface area (Å²) in [5, 5.41) is 0. The number of carbonyl (C=O) groups excluding carboxylic acids is 2. The number of amides is 2. The van der Waals surface area contributed by atoms with Crippen molar-refractivity contribution in [2.75, 3.05) is 33.3 Å². The van der Waals surface area contributed by atoms with Crippen LogP contribution < -0.4 is 10.5 Å². The maximum absolute atomic E-state index is 12.7. The molecule has 25 heavy (non-hydrogen) atoms. The van der Waals surface area contributed by atoms with Gasteiger partial charge in [0.05, 0.1) is 13.7 Å². The van der Waals surface area contributed by atoms with Crippen LogP contribution >= 0.6 is 0 Å². The van der Waals surface area contributed by atoms with Crippen molar-refractivity contribution in [2.24, 2.45) is 5.73 Å². The van der Waals surface area contributed by atoms with Crippen molar-refractivity contribution < 1.29 is 14.3 Å². The van der Waals surface area contributed by atoms with Gasteiger partial charge in [-0.15, -0.1) is 0 Å². The predicted octanol–water partition coefficient (Wildman–Crippen LogP) is 1.35. The first kappa shape index (κ1) is 17.7. The largest absolute Gasteiger partial charge is 0.497 e. The molecule has 1 aromatic carbocycles. The number of hydrogen-bond donors (Lipinski definition) is 1.